The number of hydrogen-bond donors (Lipinski definition) is 1. The van der Waals surface area contributed by atoms with Crippen molar-refractivity contribution >= 4 is 5.91 Å². The number of rotatable bonds is 6. The zero-order valence-electron chi connectivity index (χ0n) is 12.0. The number of amides is 1. The van der Waals surface area contributed by atoms with Gasteiger partial charge in [0.05, 0.1) is 6.10 Å². The average molecular weight is 297 g/mol. The van der Waals surface area contributed by atoms with Gasteiger partial charge in [-0.2, -0.15) is 0 Å². The van der Waals surface area contributed by atoms with Crippen LogP contribution in [0.15, 0.2) is 18.2 Å². The predicted octanol–water partition coefficient (Wildman–Crippen LogP) is 3.43. The van der Waals surface area contributed by atoms with Crippen molar-refractivity contribution in [2.75, 3.05) is 13.2 Å². The van der Waals surface area contributed by atoms with Crippen LogP contribution in [0.25, 0.3) is 0 Å². The van der Waals surface area contributed by atoms with Crippen LogP contribution in [-0.4, -0.2) is 25.2 Å². The van der Waals surface area contributed by atoms with Crippen LogP contribution < -0.4 is 5.32 Å². The number of ether oxygens (including phenoxy) is 1. The second-order valence-corrected chi connectivity index (χ2v) is 5.40. The van der Waals surface area contributed by atoms with Crippen molar-refractivity contribution in [2.45, 2.75) is 44.6 Å². The summed E-state index contributed by atoms with van der Waals surface area (Å²) in [4.78, 5) is 11.7. The molecule has 0 bridgehead atoms. The maximum Gasteiger partial charge on any atom is 0.251 e. The molecule has 0 unspecified atom stereocenters. The van der Waals surface area contributed by atoms with Crippen molar-refractivity contribution in [1.29, 1.82) is 0 Å². The normalized spacial score (nSPS) is 15.9. The standard InChI is InChI=1S/C16H21F2NO2/c17-13-9-12(10-14(18)11-13)16(20)19-7-4-8-21-15-5-2-1-3-6-15/h9-11,15H,1-8H2,(H,19,20). The third-order valence-corrected chi connectivity index (χ3v) is 3.64. The molecule has 0 heterocycles. The largest absolute Gasteiger partial charge is 0.378 e. The van der Waals surface area contributed by atoms with Gasteiger partial charge in [-0.05, 0) is 31.4 Å². The van der Waals surface area contributed by atoms with E-state index in [-0.39, 0.29) is 5.56 Å². The lowest BCUT2D eigenvalue weighted by molar-refractivity contribution is 0.0273. The Morgan fingerprint density at radius 1 is 1.14 bits per heavy atom. The van der Waals surface area contributed by atoms with Crippen LogP contribution in [0, 0.1) is 11.6 Å². The summed E-state index contributed by atoms with van der Waals surface area (Å²) >= 11 is 0. The van der Waals surface area contributed by atoms with E-state index in [1.807, 2.05) is 0 Å². The average Bonchev–Trinajstić information content (AvgIpc) is 2.47. The lowest BCUT2D eigenvalue weighted by Crippen LogP contribution is -2.26. The summed E-state index contributed by atoms with van der Waals surface area (Å²) in [5.41, 5.74) is 0.000647. The number of halogens is 2. The first-order valence-corrected chi connectivity index (χ1v) is 7.51. The molecule has 1 amide bonds. The fourth-order valence-corrected chi connectivity index (χ4v) is 2.54. The molecule has 0 aliphatic heterocycles. The SMILES string of the molecule is O=C(NCCCOC1CCCCC1)c1cc(F)cc(F)c1. The zero-order chi connectivity index (χ0) is 15.1. The lowest BCUT2D eigenvalue weighted by atomic mass is 9.98. The first-order valence-electron chi connectivity index (χ1n) is 7.51. The summed E-state index contributed by atoms with van der Waals surface area (Å²) in [5, 5.41) is 2.64. The van der Waals surface area contributed by atoms with Gasteiger partial charge in [0, 0.05) is 24.8 Å². The number of carbonyl (C=O) groups is 1. The summed E-state index contributed by atoms with van der Waals surface area (Å²) in [7, 11) is 0. The van der Waals surface area contributed by atoms with E-state index in [0.29, 0.717) is 25.7 Å². The maximum absolute atomic E-state index is 13.0. The number of carbonyl (C=O) groups excluding carboxylic acids is 1. The van der Waals surface area contributed by atoms with Crippen LogP contribution in [0.2, 0.25) is 0 Å². The van der Waals surface area contributed by atoms with Crippen molar-refractivity contribution < 1.29 is 18.3 Å². The minimum Gasteiger partial charge on any atom is -0.378 e. The molecular formula is C16H21F2NO2. The monoisotopic (exact) mass is 297 g/mol. The quantitative estimate of drug-likeness (QED) is 0.817. The molecule has 21 heavy (non-hydrogen) atoms. The van der Waals surface area contributed by atoms with E-state index < -0.39 is 17.5 Å². The molecule has 1 aromatic rings. The highest BCUT2D eigenvalue weighted by Crippen LogP contribution is 2.20. The van der Waals surface area contributed by atoms with Gasteiger partial charge in [-0.15, -0.1) is 0 Å². The third kappa shape index (κ3) is 5.42. The number of nitrogens with one attached hydrogen (secondary N) is 1. The van der Waals surface area contributed by atoms with E-state index in [1.54, 1.807) is 0 Å². The molecule has 0 atom stereocenters. The second kappa shape index (κ2) is 8.08. The summed E-state index contributed by atoms with van der Waals surface area (Å²) in [6.45, 7) is 1.03. The van der Waals surface area contributed by atoms with Gasteiger partial charge in [-0.25, -0.2) is 8.78 Å². The molecule has 1 aromatic carbocycles. The van der Waals surface area contributed by atoms with Gasteiger partial charge in [0.2, 0.25) is 0 Å². The molecule has 0 saturated heterocycles. The molecule has 0 spiro atoms. The van der Waals surface area contributed by atoms with Gasteiger partial charge < -0.3 is 10.1 Å². The van der Waals surface area contributed by atoms with E-state index in [0.717, 1.165) is 31.0 Å². The lowest BCUT2D eigenvalue weighted by Gasteiger charge is -2.21. The Kier molecular flexibility index (Phi) is 6.11. The van der Waals surface area contributed by atoms with Crippen LogP contribution in [0.4, 0.5) is 8.78 Å². The van der Waals surface area contributed by atoms with Crippen molar-refractivity contribution in [3.05, 3.63) is 35.4 Å². The van der Waals surface area contributed by atoms with E-state index in [9.17, 15) is 13.6 Å². The summed E-state index contributed by atoms with van der Waals surface area (Å²) in [6.07, 6.45) is 7.04. The van der Waals surface area contributed by atoms with Crippen molar-refractivity contribution in [2.24, 2.45) is 0 Å². The van der Waals surface area contributed by atoms with Gasteiger partial charge in [-0.3, -0.25) is 4.79 Å². The highest BCUT2D eigenvalue weighted by molar-refractivity contribution is 5.94. The minimum absolute atomic E-state index is 0.000647. The summed E-state index contributed by atoms with van der Waals surface area (Å²) in [6, 6.07) is 2.79. The molecule has 1 aliphatic carbocycles. The van der Waals surface area contributed by atoms with E-state index in [2.05, 4.69) is 5.32 Å². The van der Waals surface area contributed by atoms with Crippen molar-refractivity contribution in [3.8, 4) is 0 Å². The molecule has 0 aromatic heterocycles. The second-order valence-electron chi connectivity index (χ2n) is 5.40. The van der Waals surface area contributed by atoms with Gasteiger partial charge >= 0.3 is 0 Å². The molecule has 5 heteroatoms. The smallest absolute Gasteiger partial charge is 0.251 e. The summed E-state index contributed by atoms with van der Waals surface area (Å²) in [5.74, 6) is -1.97. The predicted molar refractivity (Wildman–Crippen MR) is 76.1 cm³/mol. The van der Waals surface area contributed by atoms with Crippen LogP contribution in [0.3, 0.4) is 0 Å². The first kappa shape index (κ1) is 15.9. The van der Waals surface area contributed by atoms with Gasteiger partial charge in [0.25, 0.3) is 5.91 Å². The van der Waals surface area contributed by atoms with Crippen LogP contribution in [0.5, 0.6) is 0 Å². The highest BCUT2D eigenvalue weighted by atomic mass is 19.1. The minimum atomic E-state index is -0.749. The highest BCUT2D eigenvalue weighted by Gasteiger charge is 2.13. The van der Waals surface area contributed by atoms with Crippen molar-refractivity contribution in [3.63, 3.8) is 0 Å². The summed E-state index contributed by atoms with van der Waals surface area (Å²) < 4.78 is 31.7. The first-order chi connectivity index (χ1) is 10.1. The van der Waals surface area contributed by atoms with E-state index in [4.69, 9.17) is 4.74 Å². The Morgan fingerprint density at radius 2 is 1.81 bits per heavy atom. The van der Waals surface area contributed by atoms with Crippen LogP contribution in [0.1, 0.15) is 48.9 Å². The Hall–Kier alpha value is -1.49. The van der Waals surface area contributed by atoms with E-state index >= 15 is 0 Å². The third-order valence-electron chi connectivity index (χ3n) is 3.64. The Bertz CT molecular complexity index is 453. The molecular weight excluding hydrogens is 276 g/mol. The van der Waals surface area contributed by atoms with Crippen LogP contribution in [-0.2, 0) is 4.74 Å². The van der Waals surface area contributed by atoms with E-state index in [1.165, 1.54) is 19.3 Å². The molecule has 1 aliphatic rings. The molecule has 1 fully saturated rings. The molecule has 1 N–H and O–H groups in total. The van der Waals surface area contributed by atoms with Crippen LogP contribution >= 0.6 is 0 Å². The zero-order valence-corrected chi connectivity index (χ0v) is 12.0. The fourth-order valence-electron chi connectivity index (χ4n) is 2.54. The molecule has 3 nitrogen and oxygen atoms in total. The molecule has 0 radical (unpaired) electrons. The van der Waals surface area contributed by atoms with Gasteiger partial charge in [0.1, 0.15) is 11.6 Å². The Morgan fingerprint density at radius 3 is 2.48 bits per heavy atom. The molecule has 116 valence electrons. The topological polar surface area (TPSA) is 38.3 Å². The number of benzene rings is 1. The maximum atomic E-state index is 13.0. The van der Waals surface area contributed by atoms with Gasteiger partial charge in [-0.1, -0.05) is 19.3 Å². The number of hydrogen-bond acceptors (Lipinski definition) is 2. The Balaban J connectivity index is 1.64. The Labute approximate surface area is 123 Å². The van der Waals surface area contributed by atoms with Crippen molar-refractivity contribution in [1.82, 2.24) is 5.32 Å². The fraction of sp³-hybridized carbons (Fsp3) is 0.562. The molecule has 2 rings (SSSR count). The molecule has 1 saturated carbocycles. The van der Waals surface area contributed by atoms with Gasteiger partial charge in [0.15, 0.2) is 0 Å².